The molecule has 0 nitrogen and oxygen atoms in total. The maximum Gasteiger partial charge on any atom is -0.0412 e. The highest BCUT2D eigenvalue weighted by Crippen LogP contribution is 2.29. The number of hydrogen-bond donors (Lipinski definition) is 0. The van der Waals surface area contributed by atoms with Gasteiger partial charge in [0.15, 0.2) is 0 Å². The van der Waals surface area contributed by atoms with Crippen LogP contribution in [0, 0.1) is 29.6 Å². The van der Waals surface area contributed by atoms with E-state index >= 15 is 0 Å². The second kappa shape index (κ2) is 19.0. The summed E-state index contributed by atoms with van der Waals surface area (Å²) in [5, 5.41) is 0. The highest BCUT2D eigenvalue weighted by Gasteiger charge is 2.16. The van der Waals surface area contributed by atoms with E-state index in [0.717, 1.165) is 29.6 Å². The van der Waals surface area contributed by atoms with Gasteiger partial charge in [-0.05, 0) is 48.9 Å². The molecule has 0 saturated carbocycles. The monoisotopic (exact) mass is 394 g/mol. The van der Waals surface area contributed by atoms with Crippen LogP contribution in [-0.2, 0) is 0 Å². The molecule has 0 heteroatoms. The van der Waals surface area contributed by atoms with Crippen LogP contribution >= 0.6 is 0 Å². The Morgan fingerprint density at radius 3 is 1.50 bits per heavy atom. The average Bonchev–Trinajstić information content (AvgIpc) is 2.64. The van der Waals surface area contributed by atoms with Crippen molar-refractivity contribution in [1.29, 1.82) is 0 Å². The SMILES string of the molecule is CCCCCCCC(C)CCCCC(C)CC(C)CC(CC)CC(C)CCC. The summed E-state index contributed by atoms with van der Waals surface area (Å²) >= 11 is 0. The quantitative estimate of drug-likeness (QED) is 0.180. The highest BCUT2D eigenvalue weighted by atomic mass is 14.2. The zero-order valence-electron chi connectivity index (χ0n) is 21.2. The van der Waals surface area contributed by atoms with Crippen LogP contribution in [0.2, 0.25) is 0 Å². The van der Waals surface area contributed by atoms with Crippen LogP contribution in [-0.4, -0.2) is 0 Å². The van der Waals surface area contributed by atoms with Crippen LogP contribution < -0.4 is 0 Å². The van der Waals surface area contributed by atoms with E-state index in [9.17, 15) is 0 Å². The Labute approximate surface area is 181 Å². The first-order chi connectivity index (χ1) is 13.4. The zero-order valence-corrected chi connectivity index (χ0v) is 21.2. The third-order valence-electron chi connectivity index (χ3n) is 7.08. The zero-order chi connectivity index (χ0) is 21.2. The molecule has 0 amide bonds. The molecule has 0 rings (SSSR count). The summed E-state index contributed by atoms with van der Waals surface area (Å²) in [6, 6.07) is 0. The molecule has 28 heavy (non-hydrogen) atoms. The summed E-state index contributed by atoms with van der Waals surface area (Å²) in [5.41, 5.74) is 0. The molecule has 0 aromatic carbocycles. The van der Waals surface area contributed by atoms with Crippen molar-refractivity contribution in [2.24, 2.45) is 29.6 Å². The summed E-state index contributed by atoms with van der Waals surface area (Å²) in [4.78, 5) is 0. The number of unbranched alkanes of at least 4 members (excludes halogenated alkanes) is 5. The summed E-state index contributed by atoms with van der Waals surface area (Å²) < 4.78 is 0. The van der Waals surface area contributed by atoms with Gasteiger partial charge in [0.05, 0.1) is 0 Å². The molecule has 5 unspecified atom stereocenters. The molecule has 0 aromatic rings. The molecule has 0 aliphatic heterocycles. The largest absolute Gasteiger partial charge is 0.0654 e. The Kier molecular flexibility index (Phi) is 19.0. The van der Waals surface area contributed by atoms with Crippen LogP contribution in [0.3, 0.4) is 0 Å². The Bertz CT molecular complexity index is 307. The molecule has 0 aliphatic carbocycles. The van der Waals surface area contributed by atoms with Crippen molar-refractivity contribution in [2.75, 3.05) is 0 Å². The number of rotatable bonds is 20. The van der Waals surface area contributed by atoms with Gasteiger partial charge in [0.1, 0.15) is 0 Å². The van der Waals surface area contributed by atoms with Crippen molar-refractivity contribution in [3.05, 3.63) is 0 Å². The van der Waals surface area contributed by atoms with E-state index in [0.29, 0.717) is 0 Å². The van der Waals surface area contributed by atoms with Gasteiger partial charge in [0.2, 0.25) is 0 Å². The minimum Gasteiger partial charge on any atom is -0.0654 e. The van der Waals surface area contributed by atoms with Gasteiger partial charge in [0, 0.05) is 0 Å². The lowest BCUT2D eigenvalue weighted by molar-refractivity contribution is 0.273. The molecule has 0 heterocycles. The molecular weight excluding hydrogens is 336 g/mol. The summed E-state index contributed by atoms with van der Waals surface area (Å²) in [6.07, 6.45) is 23.0. The van der Waals surface area contributed by atoms with Gasteiger partial charge < -0.3 is 0 Å². The van der Waals surface area contributed by atoms with Gasteiger partial charge in [-0.3, -0.25) is 0 Å². The van der Waals surface area contributed by atoms with Crippen LogP contribution in [0.15, 0.2) is 0 Å². The topological polar surface area (TPSA) is 0 Å². The molecule has 0 aliphatic rings. The van der Waals surface area contributed by atoms with Crippen molar-refractivity contribution >= 4 is 0 Å². The fraction of sp³-hybridized carbons (Fsp3) is 1.00. The molecule has 0 N–H and O–H groups in total. The minimum absolute atomic E-state index is 0.913. The molecule has 0 bridgehead atoms. The fourth-order valence-corrected chi connectivity index (χ4v) is 5.31. The molecule has 0 saturated heterocycles. The molecule has 0 aromatic heterocycles. The second-order valence-electron chi connectivity index (χ2n) is 10.7. The normalized spacial score (nSPS) is 17.2. The van der Waals surface area contributed by atoms with Gasteiger partial charge in [-0.15, -0.1) is 0 Å². The third kappa shape index (κ3) is 16.9. The van der Waals surface area contributed by atoms with Gasteiger partial charge >= 0.3 is 0 Å². The van der Waals surface area contributed by atoms with E-state index in [1.54, 1.807) is 0 Å². The van der Waals surface area contributed by atoms with E-state index in [4.69, 9.17) is 0 Å². The Morgan fingerprint density at radius 1 is 0.429 bits per heavy atom. The van der Waals surface area contributed by atoms with Crippen molar-refractivity contribution in [3.63, 3.8) is 0 Å². The van der Waals surface area contributed by atoms with Crippen LogP contribution in [0.5, 0.6) is 0 Å². The standard InChI is InChI=1S/C28H58/c1-8-11-12-13-14-18-24(4)19-15-16-20-26(6)21-27(7)23-28(10-3)22-25(5)17-9-2/h24-28H,8-23H2,1-7H3. The average molecular weight is 395 g/mol. The van der Waals surface area contributed by atoms with Crippen LogP contribution in [0.4, 0.5) is 0 Å². The molecule has 0 radical (unpaired) electrons. The Morgan fingerprint density at radius 2 is 0.929 bits per heavy atom. The van der Waals surface area contributed by atoms with Gasteiger partial charge in [-0.2, -0.15) is 0 Å². The number of hydrogen-bond acceptors (Lipinski definition) is 0. The lowest BCUT2D eigenvalue weighted by atomic mass is 9.81. The predicted molar refractivity (Wildman–Crippen MR) is 131 cm³/mol. The van der Waals surface area contributed by atoms with E-state index in [-0.39, 0.29) is 0 Å². The maximum atomic E-state index is 2.52. The van der Waals surface area contributed by atoms with E-state index < -0.39 is 0 Å². The van der Waals surface area contributed by atoms with E-state index in [1.165, 1.54) is 103 Å². The Hall–Kier alpha value is 0. The summed E-state index contributed by atoms with van der Waals surface area (Å²) in [5.74, 6) is 4.67. The van der Waals surface area contributed by atoms with Crippen molar-refractivity contribution in [2.45, 2.75) is 151 Å². The highest BCUT2D eigenvalue weighted by molar-refractivity contribution is 4.68. The van der Waals surface area contributed by atoms with E-state index in [1.807, 2.05) is 0 Å². The van der Waals surface area contributed by atoms with Crippen LogP contribution in [0.1, 0.15) is 151 Å². The maximum absolute atomic E-state index is 2.52. The van der Waals surface area contributed by atoms with Gasteiger partial charge in [0.25, 0.3) is 0 Å². The summed E-state index contributed by atoms with van der Waals surface area (Å²) in [6.45, 7) is 17.0. The van der Waals surface area contributed by atoms with Crippen molar-refractivity contribution in [3.8, 4) is 0 Å². The molecule has 0 fully saturated rings. The lowest BCUT2D eigenvalue weighted by Gasteiger charge is -2.24. The van der Waals surface area contributed by atoms with Gasteiger partial charge in [-0.1, -0.05) is 132 Å². The second-order valence-corrected chi connectivity index (χ2v) is 10.7. The lowest BCUT2D eigenvalue weighted by Crippen LogP contribution is -2.12. The van der Waals surface area contributed by atoms with Crippen molar-refractivity contribution < 1.29 is 0 Å². The fourth-order valence-electron chi connectivity index (χ4n) is 5.31. The molecular formula is C28H58. The molecule has 170 valence electrons. The summed E-state index contributed by atoms with van der Waals surface area (Å²) in [7, 11) is 0. The molecule has 0 spiro atoms. The first kappa shape index (κ1) is 28.0. The predicted octanol–water partition coefficient (Wildman–Crippen LogP) is 10.4. The van der Waals surface area contributed by atoms with E-state index in [2.05, 4.69) is 48.5 Å². The van der Waals surface area contributed by atoms with Crippen molar-refractivity contribution in [1.82, 2.24) is 0 Å². The Balaban J connectivity index is 3.79. The third-order valence-corrected chi connectivity index (χ3v) is 7.08. The first-order valence-electron chi connectivity index (χ1n) is 13.4. The minimum atomic E-state index is 0.913. The van der Waals surface area contributed by atoms with Gasteiger partial charge in [-0.25, -0.2) is 0 Å². The van der Waals surface area contributed by atoms with Crippen LogP contribution in [0.25, 0.3) is 0 Å². The molecule has 5 atom stereocenters. The smallest absolute Gasteiger partial charge is 0.0412 e. The first-order valence-corrected chi connectivity index (χ1v) is 13.4.